The van der Waals surface area contributed by atoms with Crippen LogP contribution >= 0.6 is 0 Å². The Balaban J connectivity index is 3.88. The molecular weight excluding hydrogens is 188 g/mol. The molecular formula is C12H22N2O. The predicted octanol–water partition coefficient (Wildman–Crippen LogP) is 1.42. The summed E-state index contributed by atoms with van der Waals surface area (Å²) in [5.41, 5.74) is 5.49. The molecule has 1 unspecified atom stereocenters. The second kappa shape index (κ2) is 6.47. The first kappa shape index (κ1) is 14.0. The number of nitrogens with two attached hydrogens (primary N) is 1. The fourth-order valence-electron chi connectivity index (χ4n) is 1.19. The van der Waals surface area contributed by atoms with Crippen LogP contribution in [0.2, 0.25) is 0 Å². The Bertz CT molecular complexity index is 235. The van der Waals surface area contributed by atoms with Gasteiger partial charge < -0.3 is 11.1 Å². The fourth-order valence-corrected chi connectivity index (χ4v) is 1.19. The number of hydrogen-bond acceptors (Lipinski definition) is 2. The topological polar surface area (TPSA) is 55.1 Å². The van der Waals surface area contributed by atoms with Gasteiger partial charge in [-0.15, -0.1) is 6.42 Å². The van der Waals surface area contributed by atoms with Crippen LogP contribution in [0.4, 0.5) is 0 Å². The van der Waals surface area contributed by atoms with E-state index < -0.39 is 0 Å². The van der Waals surface area contributed by atoms with Gasteiger partial charge in [0.15, 0.2) is 0 Å². The zero-order valence-corrected chi connectivity index (χ0v) is 9.97. The van der Waals surface area contributed by atoms with Gasteiger partial charge in [-0.2, -0.15) is 0 Å². The van der Waals surface area contributed by atoms with E-state index in [9.17, 15) is 4.79 Å². The largest absolute Gasteiger partial charge is 0.342 e. The third kappa shape index (κ3) is 8.02. The van der Waals surface area contributed by atoms with Gasteiger partial charge in [0.1, 0.15) is 0 Å². The smallest absolute Gasteiger partial charge is 0.221 e. The van der Waals surface area contributed by atoms with Crippen LogP contribution < -0.4 is 11.1 Å². The van der Waals surface area contributed by atoms with E-state index in [2.05, 4.69) is 11.2 Å². The normalized spacial score (nSPS) is 13.0. The molecule has 0 spiro atoms. The molecule has 3 heteroatoms. The molecule has 0 radical (unpaired) electrons. The number of rotatable bonds is 6. The van der Waals surface area contributed by atoms with E-state index in [4.69, 9.17) is 12.2 Å². The molecule has 0 aromatic rings. The highest BCUT2D eigenvalue weighted by Gasteiger charge is 2.14. The van der Waals surface area contributed by atoms with Crippen molar-refractivity contribution in [3.8, 4) is 12.3 Å². The van der Waals surface area contributed by atoms with E-state index in [0.29, 0.717) is 12.8 Å². The molecule has 0 aromatic heterocycles. The molecule has 1 atom stereocenters. The lowest BCUT2D eigenvalue weighted by atomic mass is 10.00. The number of amides is 1. The molecule has 0 bridgehead atoms. The SMILES string of the molecule is C#CC(CCC)NC(=O)CCC(C)(C)N. The average molecular weight is 210 g/mol. The molecule has 1 amide bonds. The van der Waals surface area contributed by atoms with E-state index >= 15 is 0 Å². The van der Waals surface area contributed by atoms with Crippen LogP contribution in [-0.4, -0.2) is 17.5 Å². The molecule has 0 aliphatic heterocycles. The standard InChI is InChI=1S/C12H22N2O/c1-5-7-10(6-2)14-11(15)8-9-12(3,4)13/h2,10H,5,7-9,13H2,1,3-4H3,(H,14,15). The van der Waals surface area contributed by atoms with Crippen LogP contribution in [0.3, 0.4) is 0 Å². The molecule has 0 heterocycles. The summed E-state index contributed by atoms with van der Waals surface area (Å²) in [6.45, 7) is 5.86. The van der Waals surface area contributed by atoms with Gasteiger partial charge in [0, 0.05) is 12.0 Å². The molecule has 0 aliphatic rings. The Labute approximate surface area is 92.8 Å². The summed E-state index contributed by atoms with van der Waals surface area (Å²) in [7, 11) is 0. The third-order valence-corrected chi connectivity index (χ3v) is 2.11. The summed E-state index contributed by atoms with van der Waals surface area (Å²) in [6.07, 6.45) is 8.20. The van der Waals surface area contributed by atoms with Crippen molar-refractivity contribution in [2.24, 2.45) is 5.73 Å². The molecule has 0 fully saturated rings. The monoisotopic (exact) mass is 210 g/mol. The summed E-state index contributed by atoms with van der Waals surface area (Å²) in [4.78, 5) is 11.5. The van der Waals surface area contributed by atoms with Crippen molar-refractivity contribution < 1.29 is 4.79 Å². The summed E-state index contributed by atoms with van der Waals surface area (Å²) >= 11 is 0. The van der Waals surface area contributed by atoms with Crippen LogP contribution in [-0.2, 0) is 4.79 Å². The Morgan fingerprint density at radius 2 is 2.20 bits per heavy atom. The fraction of sp³-hybridized carbons (Fsp3) is 0.750. The first-order valence-corrected chi connectivity index (χ1v) is 5.43. The molecule has 0 saturated carbocycles. The first-order chi connectivity index (χ1) is 6.89. The highest BCUT2D eigenvalue weighted by atomic mass is 16.1. The molecule has 0 aromatic carbocycles. The van der Waals surface area contributed by atoms with Crippen LogP contribution in [0.1, 0.15) is 46.5 Å². The van der Waals surface area contributed by atoms with E-state index in [1.165, 1.54) is 0 Å². The Morgan fingerprint density at radius 1 is 1.60 bits per heavy atom. The number of terminal acetylenes is 1. The summed E-state index contributed by atoms with van der Waals surface area (Å²) in [5, 5.41) is 2.81. The van der Waals surface area contributed by atoms with Crippen molar-refractivity contribution in [2.75, 3.05) is 0 Å². The molecule has 3 nitrogen and oxygen atoms in total. The number of nitrogens with one attached hydrogen (secondary N) is 1. The van der Waals surface area contributed by atoms with E-state index in [1.54, 1.807) is 0 Å². The maximum absolute atomic E-state index is 11.5. The maximum Gasteiger partial charge on any atom is 0.221 e. The lowest BCUT2D eigenvalue weighted by Gasteiger charge is -2.18. The minimum absolute atomic E-state index is 0.00933. The lowest BCUT2D eigenvalue weighted by Crippen LogP contribution is -2.37. The van der Waals surface area contributed by atoms with E-state index in [1.807, 2.05) is 20.8 Å². The molecule has 15 heavy (non-hydrogen) atoms. The summed E-state index contributed by atoms with van der Waals surface area (Å²) < 4.78 is 0. The van der Waals surface area contributed by atoms with Crippen molar-refractivity contribution in [2.45, 2.75) is 58.0 Å². The molecule has 86 valence electrons. The third-order valence-electron chi connectivity index (χ3n) is 2.11. The Hall–Kier alpha value is -1.01. The predicted molar refractivity (Wildman–Crippen MR) is 63.2 cm³/mol. The highest BCUT2D eigenvalue weighted by Crippen LogP contribution is 2.07. The molecule has 3 N–H and O–H groups in total. The maximum atomic E-state index is 11.5. The van der Waals surface area contributed by atoms with Gasteiger partial charge in [-0.25, -0.2) is 0 Å². The Morgan fingerprint density at radius 3 is 2.60 bits per heavy atom. The van der Waals surface area contributed by atoms with Crippen LogP contribution in [0.25, 0.3) is 0 Å². The van der Waals surface area contributed by atoms with E-state index in [-0.39, 0.29) is 17.5 Å². The second-order valence-corrected chi connectivity index (χ2v) is 4.56. The zero-order valence-electron chi connectivity index (χ0n) is 9.97. The van der Waals surface area contributed by atoms with Crippen molar-refractivity contribution in [3.05, 3.63) is 0 Å². The van der Waals surface area contributed by atoms with Crippen LogP contribution in [0.15, 0.2) is 0 Å². The number of carbonyl (C=O) groups is 1. The minimum atomic E-state index is -0.298. The quantitative estimate of drug-likeness (QED) is 0.651. The van der Waals surface area contributed by atoms with Crippen molar-refractivity contribution in [1.82, 2.24) is 5.32 Å². The van der Waals surface area contributed by atoms with Crippen molar-refractivity contribution in [1.29, 1.82) is 0 Å². The second-order valence-electron chi connectivity index (χ2n) is 4.56. The lowest BCUT2D eigenvalue weighted by molar-refractivity contribution is -0.121. The molecule has 0 saturated heterocycles. The summed E-state index contributed by atoms with van der Waals surface area (Å²) in [5.74, 6) is 2.56. The summed E-state index contributed by atoms with van der Waals surface area (Å²) in [6, 6.07) is -0.136. The zero-order chi connectivity index (χ0) is 11.9. The average Bonchev–Trinajstić information content (AvgIpc) is 2.13. The van der Waals surface area contributed by atoms with Gasteiger partial charge in [0.25, 0.3) is 0 Å². The molecule has 0 aliphatic carbocycles. The highest BCUT2D eigenvalue weighted by molar-refractivity contribution is 5.76. The first-order valence-electron chi connectivity index (χ1n) is 5.43. The van der Waals surface area contributed by atoms with Crippen LogP contribution in [0.5, 0.6) is 0 Å². The van der Waals surface area contributed by atoms with Gasteiger partial charge >= 0.3 is 0 Å². The van der Waals surface area contributed by atoms with Crippen molar-refractivity contribution in [3.63, 3.8) is 0 Å². The van der Waals surface area contributed by atoms with Crippen molar-refractivity contribution >= 4 is 5.91 Å². The van der Waals surface area contributed by atoms with Gasteiger partial charge in [0.05, 0.1) is 6.04 Å². The van der Waals surface area contributed by atoms with Gasteiger partial charge in [-0.3, -0.25) is 4.79 Å². The Kier molecular flexibility index (Phi) is 6.03. The molecule has 0 rings (SSSR count). The van der Waals surface area contributed by atoms with Gasteiger partial charge in [0.2, 0.25) is 5.91 Å². The minimum Gasteiger partial charge on any atom is -0.342 e. The van der Waals surface area contributed by atoms with Crippen LogP contribution in [0, 0.1) is 12.3 Å². The van der Waals surface area contributed by atoms with Gasteiger partial charge in [-0.05, 0) is 26.7 Å². The number of carbonyl (C=O) groups excluding carboxylic acids is 1. The van der Waals surface area contributed by atoms with E-state index in [0.717, 1.165) is 12.8 Å². The number of hydrogen-bond donors (Lipinski definition) is 2. The van der Waals surface area contributed by atoms with Gasteiger partial charge in [-0.1, -0.05) is 19.3 Å².